The highest BCUT2D eigenvalue weighted by Crippen LogP contribution is 2.54. The molecule has 0 spiro atoms. The van der Waals surface area contributed by atoms with Crippen molar-refractivity contribution in [2.45, 2.75) is 64.8 Å². The maximum absolute atomic E-state index is 12.9. The Balaban J connectivity index is 2.10. The molecule has 0 radical (unpaired) electrons. The average Bonchev–Trinajstić information content (AvgIpc) is 3.18. The number of benzene rings is 1. The first kappa shape index (κ1) is 24.9. The van der Waals surface area contributed by atoms with Crippen molar-refractivity contribution >= 4 is 34.1 Å². The Labute approximate surface area is 201 Å². The van der Waals surface area contributed by atoms with Gasteiger partial charge in [-0.3, -0.25) is 5.01 Å². The minimum atomic E-state index is -1.01. The van der Waals surface area contributed by atoms with Crippen molar-refractivity contribution in [3.63, 3.8) is 0 Å². The van der Waals surface area contributed by atoms with E-state index in [-0.39, 0.29) is 19.4 Å². The van der Waals surface area contributed by atoms with Crippen LogP contribution in [0.25, 0.3) is 0 Å². The number of hydrazine groups is 1. The van der Waals surface area contributed by atoms with E-state index in [0.717, 1.165) is 10.0 Å². The predicted octanol–water partition coefficient (Wildman–Crippen LogP) is 4.85. The van der Waals surface area contributed by atoms with Gasteiger partial charge in [0.1, 0.15) is 5.60 Å². The van der Waals surface area contributed by atoms with Crippen LogP contribution in [0.15, 0.2) is 40.0 Å². The zero-order valence-corrected chi connectivity index (χ0v) is 21.2. The lowest BCUT2D eigenvalue weighted by Gasteiger charge is -2.38. The Morgan fingerprint density at radius 2 is 1.94 bits per heavy atom. The fraction of sp³-hybridized carbons (Fsp3) is 0.522. The summed E-state index contributed by atoms with van der Waals surface area (Å²) >= 11 is 3.50. The highest BCUT2D eigenvalue weighted by atomic mass is 79.9. The Hall–Kier alpha value is -2.75. The van der Waals surface area contributed by atoms with Gasteiger partial charge in [0.05, 0.1) is 24.8 Å². The van der Waals surface area contributed by atoms with E-state index in [0.29, 0.717) is 11.3 Å². The monoisotopic (exact) mass is 524 g/mol. The van der Waals surface area contributed by atoms with Gasteiger partial charge >= 0.3 is 18.2 Å². The molecule has 2 aliphatic heterocycles. The Kier molecular flexibility index (Phi) is 6.97. The number of rotatable bonds is 4. The number of fused-ring (bicyclic) bond motifs is 1. The van der Waals surface area contributed by atoms with Crippen LogP contribution in [0, 0.1) is 0 Å². The van der Waals surface area contributed by atoms with Gasteiger partial charge in [-0.25, -0.2) is 14.4 Å². The molecule has 0 N–H and O–H groups in total. The smallest absolute Gasteiger partial charge is 0.463 e. The lowest BCUT2D eigenvalue weighted by atomic mass is 9.83. The number of nitrogens with zero attached hydrogens (tertiary/aromatic N) is 2. The second-order valence-electron chi connectivity index (χ2n) is 8.87. The van der Waals surface area contributed by atoms with Crippen LogP contribution < -0.4 is 0 Å². The van der Waals surface area contributed by atoms with Gasteiger partial charge in [0.15, 0.2) is 0 Å². The minimum Gasteiger partial charge on any atom is -0.463 e. The quantitative estimate of drug-likeness (QED) is 0.407. The van der Waals surface area contributed by atoms with Gasteiger partial charge in [0.25, 0.3) is 0 Å². The number of hydrogen-bond acceptors (Lipinski definition) is 8. The lowest BCUT2D eigenvalue weighted by Crippen LogP contribution is -2.49. The van der Waals surface area contributed by atoms with Gasteiger partial charge in [-0.15, -0.1) is 0 Å². The van der Waals surface area contributed by atoms with Gasteiger partial charge in [-0.2, -0.15) is 5.01 Å². The second-order valence-corrected chi connectivity index (χ2v) is 9.79. The standard InChI is InChI=1S/C23H29BrN2O7/c1-7-31-19(27)17-12-23(15-9-8-10-16(24)11-15)13-18(32-21(29)33-22(3,4)5)25(20(28)30-6)26(23)14(17)2/h8-11,18H,7,12-13H2,1-6H3/t18-,23+/m1/s1. The van der Waals surface area contributed by atoms with Crippen LogP contribution in [-0.4, -0.2) is 53.8 Å². The van der Waals surface area contributed by atoms with E-state index >= 15 is 0 Å². The van der Waals surface area contributed by atoms with Crippen LogP contribution in [0.4, 0.5) is 9.59 Å². The van der Waals surface area contributed by atoms with Gasteiger partial charge in [0.2, 0.25) is 6.23 Å². The number of halogens is 1. The molecule has 1 saturated heterocycles. The lowest BCUT2D eigenvalue weighted by molar-refractivity contribution is -0.138. The normalized spacial score (nSPS) is 22.2. The van der Waals surface area contributed by atoms with E-state index in [1.165, 1.54) is 12.1 Å². The number of carbonyl (C=O) groups excluding carboxylic acids is 3. The third-order valence-electron chi connectivity index (χ3n) is 5.50. The summed E-state index contributed by atoms with van der Waals surface area (Å²) < 4.78 is 22.0. The molecule has 2 aliphatic rings. The van der Waals surface area contributed by atoms with Crippen molar-refractivity contribution in [3.8, 4) is 0 Å². The molecule has 9 nitrogen and oxygen atoms in total. The van der Waals surface area contributed by atoms with Gasteiger partial charge in [0, 0.05) is 23.0 Å². The topological polar surface area (TPSA) is 94.6 Å². The Morgan fingerprint density at radius 1 is 1.24 bits per heavy atom. The highest BCUT2D eigenvalue weighted by Gasteiger charge is 2.60. The van der Waals surface area contributed by atoms with E-state index in [1.54, 1.807) is 39.6 Å². The summed E-state index contributed by atoms with van der Waals surface area (Å²) in [6, 6.07) is 7.58. The summed E-state index contributed by atoms with van der Waals surface area (Å²) in [4.78, 5) is 38.1. The van der Waals surface area contributed by atoms with Crippen LogP contribution >= 0.6 is 15.9 Å². The summed E-state index contributed by atoms with van der Waals surface area (Å²) in [6.45, 7) is 8.86. The fourth-order valence-corrected chi connectivity index (χ4v) is 4.70. The predicted molar refractivity (Wildman–Crippen MR) is 122 cm³/mol. The number of ether oxygens (including phenoxy) is 4. The van der Waals surface area contributed by atoms with Gasteiger partial charge in [-0.1, -0.05) is 28.1 Å². The molecule has 1 aromatic carbocycles. The summed E-state index contributed by atoms with van der Waals surface area (Å²) in [5.74, 6) is -0.451. The van der Waals surface area contributed by atoms with Gasteiger partial charge in [-0.05, 0) is 52.3 Å². The SMILES string of the molecule is CCOC(=O)C1=C(C)N2N(C(=O)OC)[C@H](OC(=O)OC(C)(C)C)C[C@]2(c2cccc(Br)c2)C1. The molecule has 0 unspecified atom stereocenters. The maximum atomic E-state index is 12.9. The third kappa shape index (κ3) is 4.80. The summed E-state index contributed by atoms with van der Waals surface area (Å²) in [5.41, 5.74) is 0.156. The zero-order valence-electron chi connectivity index (χ0n) is 19.6. The molecular formula is C23H29BrN2O7. The van der Waals surface area contributed by atoms with Crippen LogP contribution in [0.5, 0.6) is 0 Å². The molecule has 10 heteroatoms. The molecule has 1 fully saturated rings. The largest absolute Gasteiger partial charge is 0.510 e. The van der Waals surface area contributed by atoms with E-state index in [2.05, 4.69) is 15.9 Å². The summed E-state index contributed by atoms with van der Waals surface area (Å²) in [6.07, 6.45) is -2.19. The van der Waals surface area contributed by atoms with Crippen LogP contribution in [0.1, 0.15) is 53.0 Å². The molecule has 0 bridgehead atoms. The highest BCUT2D eigenvalue weighted by molar-refractivity contribution is 9.10. The zero-order chi connectivity index (χ0) is 24.6. The fourth-order valence-electron chi connectivity index (χ4n) is 4.30. The van der Waals surface area contributed by atoms with E-state index in [1.807, 2.05) is 24.3 Å². The van der Waals surface area contributed by atoms with Crippen molar-refractivity contribution in [2.75, 3.05) is 13.7 Å². The first-order chi connectivity index (χ1) is 15.4. The number of methoxy groups -OCH3 is 1. The number of esters is 1. The van der Waals surface area contributed by atoms with E-state index < -0.39 is 35.6 Å². The molecular weight excluding hydrogens is 496 g/mol. The van der Waals surface area contributed by atoms with Crippen molar-refractivity contribution < 1.29 is 33.3 Å². The Morgan fingerprint density at radius 3 is 2.52 bits per heavy atom. The van der Waals surface area contributed by atoms with Crippen molar-refractivity contribution in [2.24, 2.45) is 0 Å². The first-order valence-corrected chi connectivity index (χ1v) is 11.4. The molecule has 0 aliphatic carbocycles. The molecule has 1 aromatic rings. The third-order valence-corrected chi connectivity index (χ3v) is 5.99. The van der Waals surface area contributed by atoms with Crippen molar-refractivity contribution in [1.29, 1.82) is 0 Å². The summed E-state index contributed by atoms with van der Waals surface area (Å²) in [7, 11) is 1.24. The number of hydrogen-bond donors (Lipinski definition) is 0. The molecule has 0 saturated carbocycles. The van der Waals surface area contributed by atoms with Crippen molar-refractivity contribution in [3.05, 3.63) is 45.6 Å². The van der Waals surface area contributed by atoms with Crippen LogP contribution in [-0.2, 0) is 29.3 Å². The van der Waals surface area contributed by atoms with E-state index in [9.17, 15) is 14.4 Å². The summed E-state index contributed by atoms with van der Waals surface area (Å²) in [5, 5.41) is 2.91. The first-order valence-electron chi connectivity index (χ1n) is 10.6. The molecule has 3 rings (SSSR count). The second kappa shape index (κ2) is 9.24. The number of carbonyl (C=O) groups is 3. The molecule has 1 amide bonds. The molecule has 2 heterocycles. The molecule has 0 aromatic heterocycles. The van der Waals surface area contributed by atoms with Crippen LogP contribution in [0.2, 0.25) is 0 Å². The van der Waals surface area contributed by atoms with Crippen molar-refractivity contribution in [1.82, 2.24) is 10.0 Å². The molecule has 2 atom stereocenters. The Bertz CT molecular complexity index is 987. The number of amides is 1. The minimum absolute atomic E-state index is 0.193. The van der Waals surface area contributed by atoms with Gasteiger partial charge < -0.3 is 18.9 Å². The number of allylic oxidation sites excluding steroid dienone is 1. The average molecular weight is 525 g/mol. The molecule has 33 heavy (non-hydrogen) atoms. The van der Waals surface area contributed by atoms with E-state index in [4.69, 9.17) is 18.9 Å². The van der Waals surface area contributed by atoms with Crippen LogP contribution in [0.3, 0.4) is 0 Å². The maximum Gasteiger partial charge on any atom is 0.510 e. The molecule has 180 valence electrons.